The standard InChI is InChI=1S/C30H26BrN3O/c31-24-14-11-21(12-15-24)20-34-28-16-13-23(30(35)33-17-4-1-5-18-33)19-27(28)32-29(34)26-10-6-8-22-7-2-3-9-25(22)26/h2-3,6-16,19H,1,4-5,17-18,20H2. The summed E-state index contributed by atoms with van der Waals surface area (Å²) >= 11 is 3.54. The van der Waals surface area contributed by atoms with Crippen LogP contribution in [0.3, 0.4) is 0 Å². The second-order valence-corrected chi connectivity index (χ2v) is 10.1. The molecule has 1 amide bonds. The van der Waals surface area contributed by atoms with Crippen molar-refractivity contribution < 1.29 is 4.79 Å². The van der Waals surface area contributed by atoms with E-state index in [9.17, 15) is 4.79 Å². The second-order valence-electron chi connectivity index (χ2n) is 9.23. The molecular weight excluding hydrogens is 498 g/mol. The van der Waals surface area contributed by atoms with Crippen molar-refractivity contribution in [3.63, 3.8) is 0 Å². The van der Waals surface area contributed by atoms with E-state index in [0.717, 1.165) is 58.4 Å². The van der Waals surface area contributed by atoms with Crippen LogP contribution in [0.5, 0.6) is 0 Å². The van der Waals surface area contributed by atoms with Gasteiger partial charge in [0.25, 0.3) is 5.91 Å². The van der Waals surface area contributed by atoms with Gasteiger partial charge in [-0.15, -0.1) is 0 Å². The van der Waals surface area contributed by atoms with E-state index in [2.05, 4.69) is 93.3 Å². The van der Waals surface area contributed by atoms with Crippen LogP contribution in [0.25, 0.3) is 33.2 Å². The van der Waals surface area contributed by atoms with Gasteiger partial charge < -0.3 is 9.47 Å². The van der Waals surface area contributed by atoms with Crippen molar-refractivity contribution in [2.24, 2.45) is 0 Å². The zero-order valence-corrected chi connectivity index (χ0v) is 21.0. The molecule has 0 spiro atoms. The minimum absolute atomic E-state index is 0.112. The molecule has 35 heavy (non-hydrogen) atoms. The predicted octanol–water partition coefficient (Wildman–Crippen LogP) is 7.29. The molecule has 1 aromatic heterocycles. The lowest BCUT2D eigenvalue weighted by Gasteiger charge is -2.26. The number of piperidine rings is 1. The number of amides is 1. The average Bonchev–Trinajstić information content (AvgIpc) is 3.27. The zero-order chi connectivity index (χ0) is 23.8. The summed E-state index contributed by atoms with van der Waals surface area (Å²) in [6.07, 6.45) is 3.37. The van der Waals surface area contributed by atoms with Crippen molar-refractivity contribution in [2.75, 3.05) is 13.1 Å². The Bertz CT molecular complexity index is 1530. The van der Waals surface area contributed by atoms with Gasteiger partial charge >= 0.3 is 0 Å². The summed E-state index contributed by atoms with van der Waals surface area (Å²) in [5.74, 6) is 1.03. The molecule has 1 fully saturated rings. The lowest BCUT2D eigenvalue weighted by Crippen LogP contribution is -2.35. The SMILES string of the molecule is O=C(c1ccc2c(c1)nc(-c1cccc3ccccc13)n2Cc1ccc(Br)cc1)N1CCCCC1. The first kappa shape index (κ1) is 22.1. The Morgan fingerprint density at radius 1 is 0.857 bits per heavy atom. The Morgan fingerprint density at radius 3 is 2.46 bits per heavy atom. The molecule has 0 N–H and O–H groups in total. The van der Waals surface area contributed by atoms with Gasteiger partial charge in [0.05, 0.1) is 11.0 Å². The Balaban J connectivity index is 1.50. The summed E-state index contributed by atoms with van der Waals surface area (Å²) < 4.78 is 3.34. The molecule has 4 aromatic carbocycles. The third-order valence-electron chi connectivity index (χ3n) is 6.92. The van der Waals surface area contributed by atoms with E-state index in [0.29, 0.717) is 6.54 Å². The number of benzene rings is 4. The fourth-order valence-corrected chi connectivity index (χ4v) is 5.37. The summed E-state index contributed by atoms with van der Waals surface area (Å²) in [7, 11) is 0. The number of hydrogen-bond acceptors (Lipinski definition) is 2. The number of aromatic nitrogens is 2. The number of fused-ring (bicyclic) bond motifs is 2. The van der Waals surface area contributed by atoms with E-state index >= 15 is 0 Å². The van der Waals surface area contributed by atoms with Gasteiger partial charge in [0.15, 0.2) is 0 Å². The van der Waals surface area contributed by atoms with Crippen molar-refractivity contribution in [2.45, 2.75) is 25.8 Å². The third kappa shape index (κ3) is 4.25. The number of likely N-dealkylation sites (tertiary alicyclic amines) is 1. The normalized spacial score (nSPS) is 14.0. The van der Waals surface area contributed by atoms with E-state index in [-0.39, 0.29) is 5.91 Å². The van der Waals surface area contributed by atoms with Crippen LogP contribution in [0, 0.1) is 0 Å². The molecule has 1 aliphatic rings. The smallest absolute Gasteiger partial charge is 0.253 e. The highest BCUT2D eigenvalue weighted by atomic mass is 79.9. The molecule has 1 saturated heterocycles. The summed E-state index contributed by atoms with van der Waals surface area (Å²) in [5, 5.41) is 2.36. The first-order valence-electron chi connectivity index (χ1n) is 12.2. The molecule has 0 unspecified atom stereocenters. The van der Waals surface area contributed by atoms with E-state index in [1.54, 1.807) is 0 Å². The minimum atomic E-state index is 0.112. The monoisotopic (exact) mass is 523 g/mol. The van der Waals surface area contributed by atoms with E-state index < -0.39 is 0 Å². The molecule has 6 rings (SSSR count). The maximum Gasteiger partial charge on any atom is 0.253 e. The minimum Gasteiger partial charge on any atom is -0.339 e. The van der Waals surface area contributed by atoms with Crippen LogP contribution in [-0.2, 0) is 6.54 Å². The fourth-order valence-electron chi connectivity index (χ4n) is 5.10. The van der Waals surface area contributed by atoms with Crippen LogP contribution in [0.2, 0.25) is 0 Å². The number of nitrogens with zero attached hydrogens (tertiary/aromatic N) is 3. The molecule has 0 saturated carbocycles. The lowest BCUT2D eigenvalue weighted by atomic mass is 10.0. The second kappa shape index (κ2) is 9.31. The number of halogens is 1. The molecule has 0 bridgehead atoms. The third-order valence-corrected chi connectivity index (χ3v) is 7.45. The van der Waals surface area contributed by atoms with Crippen molar-refractivity contribution in [3.8, 4) is 11.4 Å². The summed E-state index contributed by atoms with van der Waals surface area (Å²) in [6.45, 7) is 2.38. The lowest BCUT2D eigenvalue weighted by molar-refractivity contribution is 0.0724. The molecule has 2 heterocycles. The summed E-state index contributed by atoms with van der Waals surface area (Å²) in [6, 6.07) is 29.2. The van der Waals surface area contributed by atoms with Crippen LogP contribution >= 0.6 is 15.9 Å². The van der Waals surface area contributed by atoms with Crippen LogP contribution in [-0.4, -0.2) is 33.4 Å². The largest absolute Gasteiger partial charge is 0.339 e. The van der Waals surface area contributed by atoms with E-state index in [1.807, 2.05) is 17.0 Å². The van der Waals surface area contributed by atoms with Gasteiger partial charge in [-0.3, -0.25) is 4.79 Å². The first-order chi connectivity index (χ1) is 17.2. The topological polar surface area (TPSA) is 38.1 Å². The maximum absolute atomic E-state index is 13.2. The zero-order valence-electron chi connectivity index (χ0n) is 19.5. The Kier molecular flexibility index (Phi) is 5.86. The Labute approximate surface area is 213 Å². The van der Waals surface area contributed by atoms with Gasteiger partial charge in [0.2, 0.25) is 0 Å². The summed E-state index contributed by atoms with van der Waals surface area (Å²) in [5.41, 5.74) is 4.90. The van der Waals surface area contributed by atoms with Crippen molar-refractivity contribution in [1.29, 1.82) is 0 Å². The van der Waals surface area contributed by atoms with E-state index in [4.69, 9.17) is 4.98 Å². The summed E-state index contributed by atoms with van der Waals surface area (Å²) in [4.78, 5) is 20.3. The predicted molar refractivity (Wildman–Crippen MR) is 146 cm³/mol. The molecule has 4 nitrogen and oxygen atoms in total. The molecule has 5 heteroatoms. The molecule has 0 atom stereocenters. The van der Waals surface area contributed by atoms with Gasteiger partial charge in [-0.25, -0.2) is 4.98 Å². The number of carbonyl (C=O) groups is 1. The van der Waals surface area contributed by atoms with Crippen molar-refractivity contribution in [1.82, 2.24) is 14.5 Å². The van der Waals surface area contributed by atoms with Crippen LogP contribution in [0.15, 0.2) is 89.4 Å². The number of imidazole rings is 1. The fraction of sp³-hybridized carbons (Fsp3) is 0.200. The highest BCUT2D eigenvalue weighted by Gasteiger charge is 2.21. The molecule has 0 aliphatic carbocycles. The molecule has 1 aliphatic heterocycles. The number of hydrogen-bond donors (Lipinski definition) is 0. The van der Waals surface area contributed by atoms with Crippen molar-refractivity contribution in [3.05, 3.63) is 101 Å². The van der Waals surface area contributed by atoms with Crippen LogP contribution in [0.4, 0.5) is 0 Å². The van der Waals surface area contributed by atoms with Gasteiger partial charge in [0, 0.05) is 35.2 Å². The first-order valence-corrected chi connectivity index (χ1v) is 13.0. The van der Waals surface area contributed by atoms with Crippen LogP contribution in [0.1, 0.15) is 35.2 Å². The highest BCUT2D eigenvalue weighted by molar-refractivity contribution is 9.10. The average molecular weight is 524 g/mol. The Hall–Kier alpha value is -3.44. The van der Waals surface area contributed by atoms with Gasteiger partial charge in [0.1, 0.15) is 5.82 Å². The van der Waals surface area contributed by atoms with Gasteiger partial charge in [-0.2, -0.15) is 0 Å². The van der Waals surface area contributed by atoms with Crippen LogP contribution < -0.4 is 0 Å². The maximum atomic E-state index is 13.2. The number of rotatable bonds is 4. The Morgan fingerprint density at radius 2 is 1.63 bits per heavy atom. The van der Waals surface area contributed by atoms with E-state index in [1.165, 1.54) is 22.8 Å². The van der Waals surface area contributed by atoms with Gasteiger partial charge in [-0.1, -0.05) is 70.5 Å². The quantitative estimate of drug-likeness (QED) is 0.248. The molecule has 0 radical (unpaired) electrons. The number of carbonyl (C=O) groups excluding carboxylic acids is 1. The van der Waals surface area contributed by atoms with Gasteiger partial charge in [-0.05, 0) is 65.9 Å². The molecule has 5 aromatic rings. The van der Waals surface area contributed by atoms with Crippen molar-refractivity contribution >= 4 is 43.6 Å². The highest BCUT2D eigenvalue weighted by Crippen LogP contribution is 2.32. The molecular formula is C30H26BrN3O. The molecule has 174 valence electrons.